The number of hydrogen-bond acceptors (Lipinski definition) is 4. The number of pyridine rings is 1. The lowest BCUT2D eigenvalue weighted by molar-refractivity contribution is 0.829. The summed E-state index contributed by atoms with van der Waals surface area (Å²) in [5.74, 6) is 3.02. The van der Waals surface area contributed by atoms with Crippen molar-refractivity contribution >= 4 is 23.5 Å². The number of aromatic nitrogens is 1. The lowest BCUT2D eigenvalue weighted by Gasteiger charge is -2.17. The van der Waals surface area contributed by atoms with Crippen LogP contribution in [0.25, 0.3) is 0 Å². The van der Waals surface area contributed by atoms with E-state index in [0.717, 1.165) is 43.7 Å². The van der Waals surface area contributed by atoms with Crippen molar-refractivity contribution in [1.82, 2.24) is 15.6 Å². The number of aliphatic imine (C=N–C) groups is 1. The summed E-state index contributed by atoms with van der Waals surface area (Å²) in [6.07, 6.45) is 6.55. The van der Waals surface area contributed by atoms with E-state index in [0.29, 0.717) is 0 Å². The first-order valence-corrected chi connectivity index (χ1v) is 8.86. The highest BCUT2D eigenvalue weighted by Crippen LogP contribution is 2.18. The molecule has 0 spiro atoms. The van der Waals surface area contributed by atoms with Gasteiger partial charge in [-0.15, -0.1) is 0 Å². The molecular weight excluding hydrogens is 282 g/mol. The molecule has 0 amide bonds. The maximum Gasteiger partial charge on any atom is 0.191 e. The summed E-state index contributed by atoms with van der Waals surface area (Å²) in [7, 11) is 1.80. The molecule has 2 N–H and O–H groups in total. The number of rotatable bonds is 6. The summed E-state index contributed by atoms with van der Waals surface area (Å²) in [6, 6.07) is 4.23. The van der Waals surface area contributed by atoms with Crippen LogP contribution in [0.4, 0.5) is 5.82 Å². The van der Waals surface area contributed by atoms with Crippen molar-refractivity contribution in [3.8, 4) is 0 Å². The Morgan fingerprint density at radius 1 is 1.38 bits per heavy atom. The highest BCUT2D eigenvalue weighted by atomic mass is 32.2. The fourth-order valence-corrected chi connectivity index (χ4v) is 2.67. The average molecular weight is 307 g/mol. The average Bonchev–Trinajstić information content (AvgIpc) is 3.05. The zero-order chi connectivity index (χ0) is 14.9. The minimum Gasteiger partial charge on any atom is -0.357 e. The Hall–Kier alpha value is -1.43. The van der Waals surface area contributed by atoms with Crippen molar-refractivity contribution in [1.29, 1.82) is 0 Å². The molecule has 0 aliphatic carbocycles. The number of hydrogen-bond donors (Lipinski definition) is 2. The second-order valence-corrected chi connectivity index (χ2v) is 6.05. The van der Waals surface area contributed by atoms with Crippen molar-refractivity contribution in [2.45, 2.75) is 19.4 Å². The van der Waals surface area contributed by atoms with E-state index >= 15 is 0 Å². The third-order valence-electron chi connectivity index (χ3n) is 3.52. The Morgan fingerprint density at radius 3 is 2.90 bits per heavy atom. The highest BCUT2D eigenvalue weighted by Gasteiger charge is 2.13. The Kier molecular flexibility index (Phi) is 6.66. The Labute approximate surface area is 131 Å². The first-order chi connectivity index (χ1) is 10.3. The third kappa shape index (κ3) is 5.12. The smallest absolute Gasteiger partial charge is 0.191 e. The second-order valence-electron chi connectivity index (χ2n) is 5.06. The molecule has 0 radical (unpaired) electrons. The monoisotopic (exact) mass is 307 g/mol. The SMILES string of the molecule is CN=C(NCCSC)NCc1ccnc(N2CCCC2)c1. The number of nitrogens with zero attached hydrogens (tertiary/aromatic N) is 3. The quantitative estimate of drug-likeness (QED) is 0.476. The van der Waals surface area contributed by atoms with Gasteiger partial charge in [0, 0.05) is 45.2 Å². The minimum absolute atomic E-state index is 0.766. The molecule has 1 aromatic heterocycles. The lowest BCUT2D eigenvalue weighted by atomic mass is 10.2. The second kappa shape index (κ2) is 8.77. The van der Waals surface area contributed by atoms with Gasteiger partial charge >= 0.3 is 0 Å². The minimum atomic E-state index is 0.766. The van der Waals surface area contributed by atoms with Gasteiger partial charge in [0.15, 0.2) is 5.96 Å². The maximum atomic E-state index is 4.48. The van der Waals surface area contributed by atoms with Gasteiger partial charge in [-0.3, -0.25) is 4.99 Å². The number of guanidine groups is 1. The number of anilines is 1. The fourth-order valence-electron chi connectivity index (χ4n) is 2.37. The summed E-state index contributed by atoms with van der Waals surface area (Å²) >= 11 is 1.83. The molecule has 5 nitrogen and oxygen atoms in total. The molecule has 1 fully saturated rings. The molecule has 6 heteroatoms. The topological polar surface area (TPSA) is 52.6 Å². The normalized spacial score (nSPS) is 15.3. The summed E-state index contributed by atoms with van der Waals surface area (Å²) in [6.45, 7) is 3.95. The fraction of sp³-hybridized carbons (Fsp3) is 0.600. The van der Waals surface area contributed by atoms with E-state index in [-0.39, 0.29) is 0 Å². The largest absolute Gasteiger partial charge is 0.357 e. The van der Waals surface area contributed by atoms with E-state index in [1.54, 1.807) is 7.05 Å². The molecule has 1 aromatic rings. The van der Waals surface area contributed by atoms with E-state index in [2.05, 4.69) is 43.9 Å². The first kappa shape index (κ1) is 15.9. The van der Waals surface area contributed by atoms with E-state index in [9.17, 15) is 0 Å². The lowest BCUT2D eigenvalue weighted by Crippen LogP contribution is -2.38. The maximum absolute atomic E-state index is 4.48. The predicted molar refractivity (Wildman–Crippen MR) is 92.3 cm³/mol. The van der Waals surface area contributed by atoms with Crippen molar-refractivity contribution in [3.63, 3.8) is 0 Å². The van der Waals surface area contributed by atoms with Crippen LogP contribution in [0.15, 0.2) is 23.3 Å². The molecule has 1 aliphatic rings. The van der Waals surface area contributed by atoms with Crippen molar-refractivity contribution < 1.29 is 0 Å². The van der Waals surface area contributed by atoms with Crippen molar-refractivity contribution in [2.24, 2.45) is 4.99 Å². The van der Waals surface area contributed by atoms with Gasteiger partial charge in [-0.1, -0.05) is 0 Å². The van der Waals surface area contributed by atoms with Gasteiger partial charge in [0.25, 0.3) is 0 Å². The molecule has 0 saturated carbocycles. The Balaban J connectivity index is 1.85. The van der Waals surface area contributed by atoms with Crippen LogP contribution >= 0.6 is 11.8 Å². The van der Waals surface area contributed by atoms with Crippen LogP contribution in [0.1, 0.15) is 18.4 Å². The molecule has 1 aliphatic heterocycles. The molecule has 0 unspecified atom stereocenters. The number of thioether (sulfide) groups is 1. The molecular formula is C15H25N5S. The van der Waals surface area contributed by atoms with E-state index in [1.807, 2.05) is 18.0 Å². The van der Waals surface area contributed by atoms with Crippen LogP contribution in [0, 0.1) is 0 Å². The van der Waals surface area contributed by atoms with E-state index < -0.39 is 0 Å². The van der Waals surface area contributed by atoms with E-state index in [1.165, 1.54) is 18.4 Å². The van der Waals surface area contributed by atoms with Gasteiger partial charge < -0.3 is 15.5 Å². The van der Waals surface area contributed by atoms with Gasteiger partial charge in [0.1, 0.15) is 5.82 Å². The van der Waals surface area contributed by atoms with Gasteiger partial charge in [-0.05, 0) is 36.8 Å². The van der Waals surface area contributed by atoms with Crippen LogP contribution in [-0.2, 0) is 6.54 Å². The molecule has 1 saturated heterocycles. The zero-order valence-corrected chi connectivity index (χ0v) is 13.7. The molecule has 2 rings (SSSR count). The predicted octanol–water partition coefficient (Wildman–Crippen LogP) is 1.71. The molecule has 0 atom stereocenters. The Bertz CT molecular complexity index is 457. The van der Waals surface area contributed by atoms with Crippen molar-refractivity contribution in [2.75, 3.05) is 43.6 Å². The van der Waals surface area contributed by atoms with Gasteiger partial charge in [0.2, 0.25) is 0 Å². The number of nitrogens with one attached hydrogen (secondary N) is 2. The van der Waals surface area contributed by atoms with Crippen LogP contribution in [0.3, 0.4) is 0 Å². The summed E-state index contributed by atoms with van der Waals surface area (Å²) in [5, 5.41) is 6.65. The van der Waals surface area contributed by atoms with Gasteiger partial charge in [0.05, 0.1) is 0 Å². The molecule has 116 valence electrons. The van der Waals surface area contributed by atoms with Crippen LogP contribution < -0.4 is 15.5 Å². The molecule has 0 aromatic carbocycles. The summed E-state index contributed by atoms with van der Waals surface area (Å²) in [4.78, 5) is 11.1. The van der Waals surface area contributed by atoms with Crippen LogP contribution in [-0.4, -0.2) is 49.6 Å². The summed E-state index contributed by atoms with van der Waals surface area (Å²) < 4.78 is 0. The Morgan fingerprint density at radius 2 is 2.19 bits per heavy atom. The standard InChI is InChI=1S/C15H25N5S/c1-16-15(18-7-10-21-2)19-12-13-5-6-17-14(11-13)20-8-3-4-9-20/h5-6,11H,3-4,7-10,12H2,1-2H3,(H2,16,18,19). The van der Waals surface area contributed by atoms with Gasteiger partial charge in [-0.25, -0.2) is 4.98 Å². The van der Waals surface area contributed by atoms with E-state index in [4.69, 9.17) is 0 Å². The first-order valence-electron chi connectivity index (χ1n) is 7.47. The molecule has 0 bridgehead atoms. The van der Waals surface area contributed by atoms with Crippen LogP contribution in [0.2, 0.25) is 0 Å². The van der Waals surface area contributed by atoms with Crippen molar-refractivity contribution in [3.05, 3.63) is 23.9 Å². The molecule has 2 heterocycles. The highest BCUT2D eigenvalue weighted by molar-refractivity contribution is 7.98. The van der Waals surface area contributed by atoms with Crippen LogP contribution in [0.5, 0.6) is 0 Å². The molecule has 21 heavy (non-hydrogen) atoms. The third-order valence-corrected chi connectivity index (χ3v) is 4.13. The van der Waals surface area contributed by atoms with Gasteiger partial charge in [-0.2, -0.15) is 11.8 Å². The summed E-state index contributed by atoms with van der Waals surface area (Å²) in [5.41, 5.74) is 1.24. The zero-order valence-electron chi connectivity index (χ0n) is 12.9.